The first-order valence-corrected chi connectivity index (χ1v) is 10.1. The number of benzene rings is 2. The van der Waals surface area contributed by atoms with E-state index < -0.39 is 0 Å². The number of hydrogen-bond acceptors (Lipinski definition) is 2. The van der Waals surface area contributed by atoms with Crippen molar-refractivity contribution in [2.24, 2.45) is 0 Å². The lowest BCUT2D eigenvalue weighted by Crippen LogP contribution is -2.26. The Kier molecular flexibility index (Phi) is 7.04. The molecule has 152 valence electrons. The molecule has 0 saturated carbocycles. The molecule has 6 heteroatoms. The van der Waals surface area contributed by atoms with Crippen molar-refractivity contribution in [3.63, 3.8) is 0 Å². The maximum absolute atomic E-state index is 13.3. The number of nitrogens with one attached hydrogen (secondary N) is 2. The zero-order valence-electron chi connectivity index (χ0n) is 16.6. The van der Waals surface area contributed by atoms with E-state index in [1.165, 1.54) is 12.1 Å². The van der Waals surface area contributed by atoms with Crippen molar-refractivity contribution < 1.29 is 9.18 Å². The van der Waals surface area contributed by atoms with E-state index >= 15 is 0 Å². The van der Waals surface area contributed by atoms with Gasteiger partial charge >= 0.3 is 0 Å². The Balaban J connectivity index is 1.60. The monoisotopic (exact) mass is 413 g/mol. The van der Waals surface area contributed by atoms with E-state index in [1.54, 1.807) is 12.1 Å². The molecule has 0 radical (unpaired) electrons. The summed E-state index contributed by atoms with van der Waals surface area (Å²) in [7, 11) is 0. The normalized spacial score (nSPS) is 12.0. The Morgan fingerprint density at radius 1 is 1.10 bits per heavy atom. The first kappa shape index (κ1) is 21.1. The van der Waals surface area contributed by atoms with Crippen LogP contribution < -0.4 is 5.32 Å². The summed E-state index contributed by atoms with van der Waals surface area (Å²) < 4.78 is 13.3. The predicted molar refractivity (Wildman–Crippen MR) is 114 cm³/mol. The summed E-state index contributed by atoms with van der Waals surface area (Å²) in [5, 5.41) is 10.8. The fourth-order valence-corrected chi connectivity index (χ4v) is 3.67. The molecule has 1 unspecified atom stereocenters. The molecule has 1 aromatic heterocycles. The fourth-order valence-electron chi connectivity index (χ4n) is 3.54. The third-order valence-corrected chi connectivity index (χ3v) is 5.43. The van der Waals surface area contributed by atoms with Crippen LogP contribution in [0.1, 0.15) is 46.8 Å². The van der Waals surface area contributed by atoms with E-state index in [4.69, 9.17) is 11.6 Å². The molecule has 3 rings (SSSR count). The number of amides is 1. The third kappa shape index (κ3) is 5.67. The quantitative estimate of drug-likeness (QED) is 0.540. The molecule has 2 aromatic carbocycles. The van der Waals surface area contributed by atoms with Crippen molar-refractivity contribution >= 4 is 17.5 Å². The number of nitrogens with zero attached hydrogens (tertiary/aromatic N) is 1. The van der Waals surface area contributed by atoms with Gasteiger partial charge in [-0.1, -0.05) is 35.9 Å². The average Bonchev–Trinajstić information content (AvgIpc) is 3.03. The summed E-state index contributed by atoms with van der Waals surface area (Å²) in [5.41, 5.74) is 5.14. The minimum absolute atomic E-state index is 0.0129. The second-order valence-corrected chi connectivity index (χ2v) is 7.64. The van der Waals surface area contributed by atoms with Crippen LogP contribution in [-0.2, 0) is 11.2 Å². The number of H-pyrrole nitrogens is 1. The number of aryl methyl sites for hydroxylation is 2. The van der Waals surface area contributed by atoms with Gasteiger partial charge in [-0.2, -0.15) is 5.10 Å². The largest absolute Gasteiger partial charge is 0.356 e. The molecule has 0 spiro atoms. The molecule has 4 nitrogen and oxygen atoms in total. The highest BCUT2D eigenvalue weighted by Crippen LogP contribution is 2.29. The molecule has 0 aliphatic carbocycles. The first-order chi connectivity index (χ1) is 13.9. The van der Waals surface area contributed by atoms with Gasteiger partial charge in [-0.25, -0.2) is 4.39 Å². The molecule has 0 saturated heterocycles. The van der Waals surface area contributed by atoms with Crippen LogP contribution in [0.5, 0.6) is 0 Å². The molecule has 0 aliphatic rings. The van der Waals surface area contributed by atoms with Crippen LogP contribution in [0.4, 0.5) is 4.39 Å². The summed E-state index contributed by atoms with van der Waals surface area (Å²) >= 11 is 6.02. The number of halogens is 2. The maximum atomic E-state index is 13.3. The minimum Gasteiger partial charge on any atom is -0.356 e. The molecule has 1 atom stereocenters. The van der Waals surface area contributed by atoms with Gasteiger partial charge in [0.2, 0.25) is 5.91 Å². The van der Waals surface area contributed by atoms with Crippen molar-refractivity contribution in [3.05, 3.63) is 87.4 Å². The molecule has 0 aliphatic heterocycles. The van der Waals surface area contributed by atoms with E-state index in [0.29, 0.717) is 30.8 Å². The van der Waals surface area contributed by atoms with E-state index in [-0.39, 0.29) is 17.6 Å². The molecule has 0 fully saturated rings. The number of aromatic nitrogens is 2. The zero-order valence-corrected chi connectivity index (χ0v) is 17.4. The van der Waals surface area contributed by atoms with Crippen LogP contribution in [0.2, 0.25) is 5.02 Å². The Labute approximate surface area is 175 Å². The van der Waals surface area contributed by atoms with E-state index in [2.05, 4.69) is 15.5 Å². The minimum atomic E-state index is -0.262. The van der Waals surface area contributed by atoms with Crippen LogP contribution >= 0.6 is 11.6 Å². The third-order valence-electron chi connectivity index (χ3n) is 5.18. The topological polar surface area (TPSA) is 57.8 Å². The van der Waals surface area contributed by atoms with Gasteiger partial charge in [0.15, 0.2) is 0 Å². The number of hydrogen-bond donors (Lipinski definition) is 2. The van der Waals surface area contributed by atoms with Crippen LogP contribution in [0.3, 0.4) is 0 Å². The average molecular weight is 414 g/mol. The first-order valence-electron chi connectivity index (χ1n) is 9.72. The van der Waals surface area contributed by atoms with Crippen LogP contribution in [0.25, 0.3) is 0 Å². The fraction of sp³-hybridized carbons (Fsp3) is 0.304. The Bertz CT molecular complexity index is 886. The lowest BCUT2D eigenvalue weighted by Gasteiger charge is -2.19. The van der Waals surface area contributed by atoms with Gasteiger partial charge < -0.3 is 5.32 Å². The standard InChI is InChI=1S/C23H25ClFN3O/c1-15-21(16(2)28-27-15)11-12-23(29)26-14-13-22(17-3-7-19(24)8-4-17)18-5-9-20(25)10-6-18/h3-10,22H,11-14H2,1-2H3,(H,26,29)(H,27,28). The number of rotatable bonds is 8. The Morgan fingerprint density at radius 2 is 1.72 bits per heavy atom. The summed E-state index contributed by atoms with van der Waals surface area (Å²) in [4.78, 5) is 12.3. The number of carbonyl (C=O) groups is 1. The van der Waals surface area contributed by atoms with Crippen LogP contribution in [0, 0.1) is 19.7 Å². The molecule has 3 aromatic rings. The van der Waals surface area contributed by atoms with E-state index in [0.717, 1.165) is 28.1 Å². The van der Waals surface area contributed by atoms with Crippen molar-refractivity contribution in [2.75, 3.05) is 6.54 Å². The van der Waals surface area contributed by atoms with Gasteiger partial charge in [0.1, 0.15) is 5.82 Å². The lowest BCUT2D eigenvalue weighted by atomic mass is 9.88. The van der Waals surface area contributed by atoms with Crippen molar-refractivity contribution in [2.45, 2.75) is 39.0 Å². The van der Waals surface area contributed by atoms with Gasteiger partial charge in [0.25, 0.3) is 0 Å². The second kappa shape index (κ2) is 9.70. The zero-order chi connectivity index (χ0) is 20.8. The van der Waals surface area contributed by atoms with Gasteiger partial charge in [0.05, 0.1) is 5.69 Å². The number of carbonyl (C=O) groups excluding carboxylic acids is 1. The lowest BCUT2D eigenvalue weighted by molar-refractivity contribution is -0.121. The Hall–Kier alpha value is -2.66. The molecule has 0 bridgehead atoms. The highest BCUT2D eigenvalue weighted by Gasteiger charge is 2.15. The molecule has 1 amide bonds. The van der Waals surface area contributed by atoms with Crippen molar-refractivity contribution in [3.8, 4) is 0 Å². The smallest absolute Gasteiger partial charge is 0.220 e. The van der Waals surface area contributed by atoms with Crippen LogP contribution in [0.15, 0.2) is 48.5 Å². The second-order valence-electron chi connectivity index (χ2n) is 7.21. The summed E-state index contributed by atoms with van der Waals surface area (Å²) in [6.07, 6.45) is 1.80. The molecule has 1 heterocycles. The van der Waals surface area contributed by atoms with E-state index in [1.807, 2.05) is 38.1 Å². The Morgan fingerprint density at radius 3 is 2.31 bits per heavy atom. The van der Waals surface area contributed by atoms with Crippen molar-refractivity contribution in [1.29, 1.82) is 0 Å². The van der Waals surface area contributed by atoms with Gasteiger partial charge in [-0.3, -0.25) is 9.89 Å². The predicted octanol–water partition coefficient (Wildman–Crippen LogP) is 5.09. The van der Waals surface area contributed by atoms with Gasteiger partial charge in [0, 0.05) is 29.6 Å². The number of aromatic amines is 1. The molecular weight excluding hydrogens is 389 g/mol. The molecule has 29 heavy (non-hydrogen) atoms. The molecule has 2 N–H and O–H groups in total. The SMILES string of the molecule is Cc1n[nH]c(C)c1CCC(=O)NCCC(c1ccc(F)cc1)c1ccc(Cl)cc1. The van der Waals surface area contributed by atoms with Crippen molar-refractivity contribution in [1.82, 2.24) is 15.5 Å². The summed E-state index contributed by atoms with van der Waals surface area (Å²) in [6, 6.07) is 14.2. The van der Waals surface area contributed by atoms with Gasteiger partial charge in [-0.15, -0.1) is 0 Å². The summed E-state index contributed by atoms with van der Waals surface area (Å²) in [5.74, 6) is -0.202. The summed E-state index contributed by atoms with van der Waals surface area (Å²) in [6.45, 7) is 4.44. The van der Waals surface area contributed by atoms with Gasteiger partial charge in [-0.05, 0) is 67.6 Å². The van der Waals surface area contributed by atoms with E-state index in [9.17, 15) is 9.18 Å². The highest BCUT2D eigenvalue weighted by molar-refractivity contribution is 6.30. The highest BCUT2D eigenvalue weighted by atomic mass is 35.5. The maximum Gasteiger partial charge on any atom is 0.220 e. The van der Waals surface area contributed by atoms with Crippen LogP contribution in [-0.4, -0.2) is 22.6 Å². The molecular formula is C23H25ClFN3O.